The Bertz CT molecular complexity index is 1090. The summed E-state index contributed by atoms with van der Waals surface area (Å²) in [4.78, 5) is 4.08. The minimum atomic E-state index is -3.76. The number of benzene rings is 2. The van der Waals surface area contributed by atoms with Crippen LogP contribution in [0.4, 0.5) is 11.4 Å². The Morgan fingerprint density at radius 3 is 2.73 bits per heavy atom. The Labute approximate surface area is 150 Å². The summed E-state index contributed by atoms with van der Waals surface area (Å²) in [6.07, 6.45) is 5.14. The van der Waals surface area contributed by atoms with Gasteiger partial charge in [0.05, 0.1) is 29.6 Å². The molecular weight excluding hydrogens is 354 g/mol. The van der Waals surface area contributed by atoms with Crippen LogP contribution >= 0.6 is 0 Å². The molecule has 0 aliphatic carbocycles. The van der Waals surface area contributed by atoms with Gasteiger partial charge in [-0.15, -0.1) is 0 Å². The minimum Gasteiger partial charge on any atom is -0.365 e. The Balaban J connectivity index is 1.67. The molecule has 0 saturated heterocycles. The fourth-order valence-corrected chi connectivity index (χ4v) is 3.54. The van der Waals surface area contributed by atoms with E-state index in [1.165, 1.54) is 0 Å². The van der Waals surface area contributed by atoms with E-state index in [2.05, 4.69) is 15.8 Å². The third kappa shape index (κ3) is 3.05. The van der Waals surface area contributed by atoms with Crippen LogP contribution in [0, 0.1) is 11.3 Å². The molecule has 2 heterocycles. The van der Waals surface area contributed by atoms with Crippen molar-refractivity contribution in [2.75, 3.05) is 9.73 Å². The monoisotopic (exact) mass is 367 g/mol. The highest BCUT2D eigenvalue weighted by Gasteiger charge is 2.25. The van der Waals surface area contributed by atoms with E-state index >= 15 is 0 Å². The summed E-state index contributed by atoms with van der Waals surface area (Å²) < 4.78 is 32.0. The highest BCUT2D eigenvalue weighted by Crippen LogP contribution is 2.34. The van der Waals surface area contributed by atoms with Gasteiger partial charge in [-0.25, -0.2) is 14.4 Å². The molecule has 0 amide bonds. The molecule has 0 saturated carbocycles. The number of rotatable bonds is 4. The fourth-order valence-electron chi connectivity index (χ4n) is 2.68. The van der Waals surface area contributed by atoms with Crippen molar-refractivity contribution in [2.45, 2.75) is 6.54 Å². The predicted octanol–water partition coefficient (Wildman–Crippen LogP) is 2.27. The van der Waals surface area contributed by atoms with Crippen LogP contribution in [0.25, 0.3) is 0 Å². The zero-order valence-corrected chi connectivity index (χ0v) is 14.2. The molecule has 3 aromatic rings. The number of nitrogens with one attached hydrogen (secondary N) is 1. The Kier molecular flexibility index (Phi) is 3.74. The van der Waals surface area contributed by atoms with Crippen molar-refractivity contribution in [1.29, 1.82) is 5.26 Å². The summed E-state index contributed by atoms with van der Waals surface area (Å²) >= 11 is 0. The number of imidazole rings is 1. The highest BCUT2D eigenvalue weighted by molar-refractivity contribution is 7.88. The first-order valence-electron chi connectivity index (χ1n) is 7.65. The fraction of sp³-hybridized carbons (Fsp3) is 0.0588. The molecule has 4 rings (SSSR count). The zero-order chi connectivity index (χ0) is 18.1. The number of nitrogens with zero attached hydrogens (tertiary/aromatic N) is 4. The Morgan fingerprint density at radius 1 is 1.23 bits per heavy atom. The van der Waals surface area contributed by atoms with Gasteiger partial charge in [0.15, 0.2) is 5.75 Å². The van der Waals surface area contributed by atoms with Crippen molar-refractivity contribution in [3.8, 4) is 11.8 Å². The van der Waals surface area contributed by atoms with E-state index in [-0.39, 0.29) is 5.75 Å². The van der Waals surface area contributed by atoms with E-state index in [9.17, 15) is 8.42 Å². The number of aromatic nitrogens is 2. The van der Waals surface area contributed by atoms with Crippen LogP contribution in [-0.4, -0.2) is 18.1 Å². The molecule has 8 nitrogen and oxygen atoms in total. The first-order chi connectivity index (χ1) is 12.5. The second-order valence-electron chi connectivity index (χ2n) is 5.63. The third-order valence-corrected chi connectivity index (χ3v) is 4.74. The van der Waals surface area contributed by atoms with Gasteiger partial charge in [-0.1, -0.05) is 6.07 Å². The smallest absolute Gasteiger partial charge is 0.365 e. The molecule has 1 N–H and O–H groups in total. The number of hydrogen-bond acceptors (Lipinski definition) is 6. The molecule has 1 aliphatic rings. The van der Waals surface area contributed by atoms with Gasteiger partial charge in [0.2, 0.25) is 0 Å². The van der Waals surface area contributed by atoms with Crippen molar-refractivity contribution in [1.82, 2.24) is 9.66 Å². The summed E-state index contributed by atoms with van der Waals surface area (Å²) in [6, 6.07) is 14.4. The molecule has 26 heavy (non-hydrogen) atoms. The van der Waals surface area contributed by atoms with E-state index < -0.39 is 10.3 Å². The highest BCUT2D eigenvalue weighted by atomic mass is 32.2. The van der Waals surface area contributed by atoms with Gasteiger partial charge in [-0.05, 0) is 42.0 Å². The van der Waals surface area contributed by atoms with Crippen LogP contribution in [0.15, 0.2) is 61.2 Å². The maximum atomic E-state index is 11.5. The quantitative estimate of drug-likeness (QED) is 0.759. The molecule has 0 spiro atoms. The van der Waals surface area contributed by atoms with E-state index in [1.807, 2.05) is 21.8 Å². The molecule has 9 heteroatoms. The van der Waals surface area contributed by atoms with Crippen LogP contribution in [0.5, 0.6) is 5.75 Å². The van der Waals surface area contributed by atoms with Crippen LogP contribution in [0.2, 0.25) is 0 Å². The van der Waals surface area contributed by atoms with Crippen molar-refractivity contribution >= 4 is 21.7 Å². The maximum absolute atomic E-state index is 11.5. The molecule has 130 valence electrons. The average Bonchev–Trinajstić information content (AvgIpc) is 3.25. The summed E-state index contributed by atoms with van der Waals surface area (Å²) in [5.74, 6) is 0.279. The molecular formula is C17H13N5O3S. The second-order valence-corrected chi connectivity index (χ2v) is 6.91. The van der Waals surface area contributed by atoms with Crippen LogP contribution in [0.1, 0.15) is 11.1 Å². The van der Waals surface area contributed by atoms with Crippen molar-refractivity contribution in [3.05, 3.63) is 72.3 Å². The lowest BCUT2D eigenvalue weighted by molar-refractivity contribution is 0.503. The number of hydrogen-bond donors (Lipinski definition) is 1. The third-order valence-electron chi connectivity index (χ3n) is 3.87. The van der Waals surface area contributed by atoms with Gasteiger partial charge in [0.1, 0.15) is 6.33 Å². The molecule has 0 fully saturated rings. The van der Waals surface area contributed by atoms with Gasteiger partial charge < -0.3 is 4.18 Å². The summed E-state index contributed by atoms with van der Waals surface area (Å²) in [6.45, 7) is 0.456. The number of fused-ring (bicyclic) bond motifs is 1. The second kappa shape index (κ2) is 6.09. The molecule has 0 unspecified atom stereocenters. The van der Waals surface area contributed by atoms with Gasteiger partial charge >= 0.3 is 10.3 Å². The molecule has 1 aliphatic heterocycles. The van der Waals surface area contributed by atoms with Gasteiger partial charge in [0.25, 0.3) is 0 Å². The Hall–Kier alpha value is -3.51. The zero-order valence-electron chi connectivity index (χ0n) is 13.4. The lowest BCUT2D eigenvalue weighted by atomic mass is 10.1. The topological polar surface area (TPSA) is 100 Å². The largest absolute Gasteiger partial charge is 0.407 e. The van der Waals surface area contributed by atoms with Crippen LogP contribution in [0.3, 0.4) is 0 Å². The molecule has 0 bridgehead atoms. The Morgan fingerprint density at radius 2 is 2.04 bits per heavy atom. The normalized spacial score (nSPS) is 14.0. The van der Waals surface area contributed by atoms with E-state index in [0.29, 0.717) is 17.8 Å². The first kappa shape index (κ1) is 16.0. The molecule has 0 radical (unpaired) electrons. The number of nitriles is 1. The molecule has 2 aromatic carbocycles. The SMILES string of the molecule is N#Cc1ccc(N(Cc2ccc3c(c2)NS(=O)(=O)O3)n2ccnc2)cc1. The van der Waals surface area contributed by atoms with E-state index in [1.54, 1.807) is 49.1 Å². The minimum absolute atomic E-state index is 0.279. The molecule has 1 aromatic heterocycles. The van der Waals surface area contributed by atoms with Crippen LogP contribution < -0.4 is 13.9 Å². The summed E-state index contributed by atoms with van der Waals surface area (Å²) in [7, 11) is -3.76. The van der Waals surface area contributed by atoms with Crippen molar-refractivity contribution < 1.29 is 12.6 Å². The predicted molar refractivity (Wildman–Crippen MR) is 94.6 cm³/mol. The average molecular weight is 367 g/mol. The lowest BCUT2D eigenvalue weighted by Crippen LogP contribution is -2.27. The van der Waals surface area contributed by atoms with E-state index in [4.69, 9.17) is 9.44 Å². The van der Waals surface area contributed by atoms with Crippen LogP contribution in [-0.2, 0) is 16.8 Å². The van der Waals surface area contributed by atoms with Gasteiger partial charge in [-0.2, -0.15) is 13.7 Å². The van der Waals surface area contributed by atoms with Gasteiger partial charge in [-0.3, -0.25) is 5.01 Å². The maximum Gasteiger partial charge on any atom is 0.407 e. The number of anilines is 2. The van der Waals surface area contributed by atoms with E-state index in [0.717, 1.165) is 11.3 Å². The van der Waals surface area contributed by atoms with Gasteiger partial charge in [0, 0.05) is 12.4 Å². The lowest BCUT2D eigenvalue weighted by Gasteiger charge is -2.25. The standard InChI is InChI=1S/C17H13N5O3S/c18-10-13-1-4-15(5-2-13)22(21-8-7-19-12-21)11-14-3-6-17-16(9-14)20-26(23,24)25-17/h1-9,12,20H,11H2. The first-order valence-corrected chi connectivity index (χ1v) is 9.06. The van der Waals surface area contributed by atoms with Crippen molar-refractivity contribution in [2.24, 2.45) is 0 Å². The summed E-state index contributed by atoms with van der Waals surface area (Å²) in [5, 5.41) is 10.9. The molecule has 0 atom stereocenters. The summed E-state index contributed by atoms with van der Waals surface area (Å²) in [5.41, 5.74) is 2.71. The van der Waals surface area contributed by atoms with Crippen molar-refractivity contribution in [3.63, 3.8) is 0 Å².